The first kappa shape index (κ1) is 39.0. The summed E-state index contributed by atoms with van der Waals surface area (Å²) in [7, 11) is 1.20. The Hall–Kier alpha value is -5.69. The fourth-order valence-corrected chi connectivity index (χ4v) is 7.47. The van der Waals surface area contributed by atoms with Gasteiger partial charge in [-0.15, -0.1) is 6.42 Å². The minimum absolute atomic E-state index is 0.0266. The van der Waals surface area contributed by atoms with Crippen molar-refractivity contribution in [2.75, 3.05) is 20.2 Å². The number of carbonyl (C=O) groups excluding carboxylic acids is 3. The number of halogens is 2. The summed E-state index contributed by atoms with van der Waals surface area (Å²) < 4.78 is 35.0. The van der Waals surface area contributed by atoms with Crippen LogP contribution in [0.1, 0.15) is 88.7 Å². The van der Waals surface area contributed by atoms with Crippen LogP contribution in [0.4, 0.5) is 13.6 Å². The molecular weight excluding hydrogens is 705 g/mol. The van der Waals surface area contributed by atoms with Gasteiger partial charge in [-0.2, -0.15) is 0 Å². The number of aromatic amines is 2. The van der Waals surface area contributed by atoms with E-state index in [1.807, 2.05) is 43.0 Å². The lowest BCUT2D eigenvalue weighted by Crippen LogP contribution is -2.57. The molecule has 11 nitrogen and oxygen atoms in total. The number of alkyl halides is 2. The number of piperidine rings is 1. The summed E-state index contributed by atoms with van der Waals surface area (Å²) in [5.41, 5.74) is 4.36. The van der Waals surface area contributed by atoms with Crippen LogP contribution >= 0.6 is 0 Å². The van der Waals surface area contributed by atoms with Gasteiger partial charge in [-0.1, -0.05) is 64.5 Å². The van der Waals surface area contributed by atoms with E-state index < -0.39 is 48.3 Å². The van der Waals surface area contributed by atoms with E-state index in [9.17, 15) is 14.4 Å². The van der Waals surface area contributed by atoms with Gasteiger partial charge >= 0.3 is 6.09 Å². The number of H-pyrrole nitrogens is 2. The Balaban J connectivity index is 1.18. The molecule has 55 heavy (non-hydrogen) atoms. The number of nitrogens with one attached hydrogen (secondary N) is 3. The molecule has 0 spiro atoms. The van der Waals surface area contributed by atoms with Crippen LogP contribution in [0.25, 0.3) is 22.3 Å². The molecule has 4 aromatic rings. The maximum Gasteiger partial charge on any atom is 0.407 e. The third-order valence-electron chi connectivity index (χ3n) is 10.7. The number of aromatic nitrogens is 4. The first-order chi connectivity index (χ1) is 26.2. The highest BCUT2D eigenvalue weighted by atomic mass is 19.3. The van der Waals surface area contributed by atoms with Gasteiger partial charge in [0.25, 0.3) is 5.92 Å². The van der Waals surface area contributed by atoms with Gasteiger partial charge in [0, 0.05) is 36.6 Å². The molecule has 1 unspecified atom stereocenters. The number of carbonyl (C=O) groups is 3. The van der Waals surface area contributed by atoms with Gasteiger partial charge in [0.1, 0.15) is 23.6 Å². The topological polar surface area (TPSA) is 136 Å². The van der Waals surface area contributed by atoms with Crippen LogP contribution in [0.15, 0.2) is 48.7 Å². The number of likely N-dealkylation sites (tertiary alicyclic amines) is 2. The van der Waals surface area contributed by atoms with Crippen molar-refractivity contribution in [3.05, 3.63) is 71.4 Å². The molecule has 0 bridgehead atoms. The number of imidazole rings is 2. The van der Waals surface area contributed by atoms with Gasteiger partial charge < -0.3 is 29.8 Å². The molecule has 13 heteroatoms. The number of hydrogen-bond acceptors (Lipinski definition) is 6. The monoisotopic (exact) mass is 751 g/mol. The van der Waals surface area contributed by atoms with Gasteiger partial charge in [0.15, 0.2) is 0 Å². The normalized spacial score (nSPS) is 20.5. The molecule has 2 fully saturated rings. The molecule has 288 valence electrons. The largest absolute Gasteiger partial charge is 0.453 e. The number of fused-ring (bicyclic) bond motifs is 1. The Morgan fingerprint density at radius 1 is 0.964 bits per heavy atom. The predicted molar refractivity (Wildman–Crippen MR) is 204 cm³/mol. The molecule has 0 radical (unpaired) electrons. The summed E-state index contributed by atoms with van der Waals surface area (Å²) in [6.07, 6.45) is 7.90. The number of amides is 3. The predicted octanol–water partition coefficient (Wildman–Crippen LogP) is 6.85. The van der Waals surface area contributed by atoms with Crippen molar-refractivity contribution in [2.24, 2.45) is 23.7 Å². The Morgan fingerprint density at radius 3 is 2.35 bits per heavy atom. The first-order valence-electron chi connectivity index (χ1n) is 18.7. The molecule has 2 aromatic heterocycles. The van der Waals surface area contributed by atoms with E-state index in [1.165, 1.54) is 18.9 Å². The average Bonchev–Trinajstić information content (AvgIpc) is 3.94. The molecule has 0 saturated carbocycles. The number of hydrogen-bond donors (Lipinski definition) is 3. The molecule has 4 heterocycles. The molecule has 2 aliphatic heterocycles. The zero-order valence-corrected chi connectivity index (χ0v) is 32.0. The zero-order valence-electron chi connectivity index (χ0n) is 32.0. The summed E-state index contributed by atoms with van der Waals surface area (Å²) in [6.45, 7) is 9.32. The van der Waals surface area contributed by atoms with Crippen LogP contribution in [-0.4, -0.2) is 79.8 Å². The van der Waals surface area contributed by atoms with E-state index in [2.05, 4.69) is 43.0 Å². The number of alkyl carbamates (subject to hydrolysis) is 1. The van der Waals surface area contributed by atoms with Gasteiger partial charge in [-0.3, -0.25) is 9.59 Å². The number of terminal acetylenes is 1. The Kier molecular flexibility index (Phi) is 11.3. The summed E-state index contributed by atoms with van der Waals surface area (Å²) in [4.78, 5) is 58.2. The van der Waals surface area contributed by atoms with Crippen LogP contribution in [0.2, 0.25) is 0 Å². The van der Waals surface area contributed by atoms with E-state index in [0.717, 1.165) is 35.5 Å². The van der Waals surface area contributed by atoms with Crippen molar-refractivity contribution in [3.63, 3.8) is 0 Å². The summed E-state index contributed by atoms with van der Waals surface area (Å²) in [5, 5.41) is 2.56. The van der Waals surface area contributed by atoms with Gasteiger partial charge in [0.2, 0.25) is 11.8 Å². The molecule has 0 aliphatic carbocycles. The molecule has 5 atom stereocenters. The van der Waals surface area contributed by atoms with Crippen molar-refractivity contribution in [1.29, 1.82) is 0 Å². The SMILES string of the molecule is C#CC(C(=O)N1CCC[C@H]1c1ncc(-c2ccc(C#Cc3ccc4nc([C@@H]5[C@H](C)C(F)(F)CCN5C(=O)[C@@H](NC(=O)OC)C(C)C)[nH]c4c3)cc2)[nH]1)C(C)C. The second-order valence-electron chi connectivity index (χ2n) is 15.1. The summed E-state index contributed by atoms with van der Waals surface area (Å²) in [6, 6.07) is 10.9. The highest BCUT2D eigenvalue weighted by Gasteiger charge is 2.51. The van der Waals surface area contributed by atoms with E-state index >= 15 is 8.78 Å². The van der Waals surface area contributed by atoms with Crippen molar-refractivity contribution >= 4 is 28.9 Å². The summed E-state index contributed by atoms with van der Waals surface area (Å²) >= 11 is 0. The second kappa shape index (κ2) is 16.0. The highest BCUT2D eigenvalue weighted by Crippen LogP contribution is 2.45. The van der Waals surface area contributed by atoms with Crippen LogP contribution in [0.3, 0.4) is 0 Å². The number of methoxy groups -OCH3 is 1. The fourth-order valence-electron chi connectivity index (χ4n) is 7.47. The van der Waals surface area contributed by atoms with Gasteiger partial charge in [0.05, 0.1) is 42.1 Å². The minimum Gasteiger partial charge on any atom is -0.453 e. The van der Waals surface area contributed by atoms with Gasteiger partial charge in [-0.25, -0.2) is 23.5 Å². The van der Waals surface area contributed by atoms with E-state index in [0.29, 0.717) is 23.1 Å². The van der Waals surface area contributed by atoms with Crippen molar-refractivity contribution < 1.29 is 27.9 Å². The maximum atomic E-state index is 15.1. The Labute approximate surface area is 320 Å². The van der Waals surface area contributed by atoms with E-state index in [-0.39, 0.29) is 36.2 Å². The van der Waals surface area contributed by atoms with Crippen LogP contribution in [0.5, 0.6) is 0 Å². The third-order valence-corrected chi connectivity index (χ3v) is 10.7. The Morgan fingerprint density at radius 2 is 1.67 bits per heavy atom. The molecular formula is C42H47F2N7O4. The lowest BCUT2D eigenvalue weighted by molar-refractivity contribution is -0.159. The van der Waals surface area contributed by atoms with E-state index in [1.54, 1.807) is 38.2 Å². The third kappa shape index (κ3) is 8.07. The molecule has 2 aromatic carbocycles. The highest BCUT2D eigenvalue weighted by molar-refractivity contribution is 5.87. The fraction of sp³-hybridized carbons (Fsp3) is 0.452. The molecule has 2 aliphatic rings. The smallest absolute Gasteiger partial charge is 0.407 e. The maximum absolute atomic E-state index is 15.1. The molecule has 6 rings (SSSR count). The van der Waals surface area contributed by atoms with Crippen molar-refractivity contribution in [3.8, 4) is 35.4 Å². The van der Waals surface area contributed by atoms with Crippen molar-refractivity contribution in [1.82, 2.24) is 35.1 Å². The van der Waals surface area contributed by atoms with Crippen LogP contribution in [0, 0.1) is 47.9 Å². The number of nitrogens with zero attached hydrogens (tertiary/aromatic N) is 4. The van der Waals surface area contributed by atoms with Gasteiger partial charge in [-0.05, 0) is 60.6 Å². The second-order valence-corrected chi connectivity index (χ2v) is 15.1. The lowest BCUT2D eigenvalue weighted by Gasteiger charge is -2.44. The van der Waals surface area contributed by atoms with Crippen LogP contribution < -0.4 is 5.32 Å². The van der Waals surface area contributed by atoms with Crippen molar-refractivity contribution in [2.45, 2.75) is 77.9 Å². The zero-order chi connectivity index (χ0) is 39.6. The number of ether oxygens (including phenoxy) is 1. The molecule has 2 saturated heterocycles. The summed E-state index contributed by atoms with van der Waals surface area (Å²) in [5.74, 6) is 4.48. The van der Waals surface area contributed by atoms with E-state index in [4.69, 9.17) is 11.2 Å². The lowest BCUT2D eigenvalue weighted by atomic mass is 9.85. The first-order valence-corrected chi connectivity index (χ1v) is 18.7. The molecule has 3 amide bonds. The number of benzene rings is 2. The molecule has 3 N–H and O–H groups in total. The van der Waals surface area contributed by atoms with Crippen LogP contribution in [-0.2, 0) is 14.3 Å². The quantitative estimate of drug-likeness (QED) is 0.169. The average molecular weight is 752 g/mol. The standard InChI is InChI=1S/C42H47F2N7O4/c1-8-30(24(2)3)39(52)50-20-9-10-34(50)37-45-23-33(48-37)29-16-13-27(14-17-29)11-12-28-15-18-31-32(22-28)47-38(46-31)36-26(6)42(43,44)19-21-51(36)40(53)35(25(4)5)49-41(54)55-7/h1,13-18,22-26,30,34-36H,9-10,19-21H2,2-7H3,(H,45,48)(H,46,47)(H,49,54)/t26-,30?,34-,35-,36-/m0/s1. The number of rotatable bonds is 8. The minimum atomic E-state index is -3.04. The Bertz CT molecular complexity index is 2160.